The molecule has 0 saturated carbocycles. The third-order valence-electron chi connectivity index (χ3n) is 4.34. The summed E-state index contributed by atoms with van der Waals surface area (Å²) in [4.78, 5) is 0. The Labute approximate surface area is 148 Å². The van der Waals surface area contributed by atoms with Crippen LogP contribution in [0.2, 0.25) is 0 Å². The summed E-state index contributed by atoms with van der Waals surface area (Å²) in [5.41, 5.74) is 5.49. The highest BCUT2D eigenvalue weighted by atomic mass is 31.1. The maximum Gasteiger partial charge on any atom is 0.0466 e. The Kier molecular flexibility index (Phi) is 22.7. The van der Waals surface area contributed by atoms with Crippen LogP contribution >= 0.6 is 8.58 Å². The predicted molar refractivity (Wildman–Crippen MR) is 108 cm³/mol. The Morgan fingerprint density at radius 2 is 1.09 bits per heavy atom. The number of ether oxygens (including phenoxy) is 1. The summed E-state index contributed by atoms with van der Waals surface area (Å²) in [5.74, 6) is 0. The van der Waals surface area contributed by atoms with Gasteiger partial charge in [0.15, 0.2) is 0 Å². The average Bonchev–Trinajstić information content (AvgIpc) is 2.57. The van der Waals surface area contributed by atoms with Gasteiger partial charge in [-0.25, -0.2) is 0 Å². The molecule has 0 heterocycles. The van der Waals surface area contributed by atoms with E-state index in [-0.39, 0.29) is 0 Å². The quantitative estimate of drug-likeness (QED) is 0.213. The van der Waals surface area contributed by atoms with Gasteiger partial charge in [-0.15, -0.1) is 8.58 Å². The standard InChI is InChI=1S/C20H44NOP/c1-2-3-4-5-6-7-8-9-10-11-12-17-22-18-13-14-19-23-20-15-16-21/h23H,2-21H2,1H3. The van der Waals surface area contributed by atoms with Gasteiger partial charge in [0.1, 0.15) is 0 Å². The molecule has 1 unspecified atom stereocenters. The summed E-state index contributed by atoms with van der Waals surface area (Å²) in [6.07, 6.45) is 22.0. The molecule has 0 fully saturated rings. The van der Waals surface area contributed by atoms with Gasteiger partial charge in [-0.2, -0.15) is 0 Å². The van der Waals surface area contributed by atoms with E-state index in [1.807, 2.05) is 0 Å². The molecule has 1 atom stereocenters. The zero-order valence-corrected chi connectivity index (χ0v) is 16.9. The Hall–Kier alpha value is 0.350. The molecule has 23 heavy (non-hydrogen) atoms. The SMILES string of the molecule is CCCCCCCCCCCCCOCCCCPCCCN. The fourth-order valence-corrected chi connectivity index (χ4v) is 3.98. The average molecular weight is 346 g/mol. The maximum atomic E-state index is 5.73. The molecular weight excluding hydrogens is 301 g/mol. The first kappa shape index (κ1) is 23.4. The summed E-state index contributed by atoms with van der Waals surface area (Å²) in [7, 11) is 1.11. The van der Waals surface area contributed by atoms with E-state index >= 15 is 0 Å². The second kappa shape index (κ2) is 22.4. The Morgan fingerprint density at radius 1 is 0.609 bits per heavy atom. The van der Waals surface area contributed by atoms with Crippen LogP contribution in [-0.4, -0.2) is 32.1 Å². The molecule has 3 heteroatoms. The first-order chi connectivity index (χ1) is 11.4. The van der Waals surface area contributed by atoms with Gasteiger partial charge in [0, 0.05) is 13.2 Å². The molecule has 0 amide bonds. The first-order valence-electron chi connectivity index (χ1n) is 10.4. The van der Waals surface area contributed by atoms with Crippen LogP contribution in [0, 0.1) is 0 Å². The lowest BCUT2D eigenvalue weighted by Gasteiger charge is -2.05. The van der Waals surface area contributed by atoms with Crippen LogP contribution < -0.4 is 5.73 Å². The van der Waals surface area contributed by atoms with Crippen LogP contribution in [0.3, 0.4) is 0 Å². The van der Waals surface area contributed by atoms with Crippen molar-refractivity contribution in [1.29, 1.82) is 0 Å². The fraction of sp³-hybridized carbons (Fsp3) is 1.00. The van der Waals surface area contributed by atoms with Gasteiger partial charge in [-0.3, -0.25) is 0 Å². The van der Waals surface area contributed by atoms with Crippen molar-refractivity contribution in [2.75, 3.05) is 32.1 Å². The Balaban J connectivity index is 2.92. The van der Waals surface area contributed by atoms with E-state index in [1.54, 1.807) is 0 Å². The third-order valence-corrected chi connectivity index (χ3v) is 5.76. The van der Waals surface area contributed by atoms with Gasteiger partial charge < -0.3 is 10.5 Å². The molecule has 0 bridgehead atoms. The maximum absolute atomic E-state index is 5.73. The van der Waals surface area contributed by atoms with E-state index in [0.717, 1.165) is 28.3 Å². The van der Waals surface area contributed by atoms with Crippen molar-refractivity contribution in [3.8, 4) is 0 Å². The molecule has 2 N–H and O–H groups in total. The molecule has 0 aromatic heterocycles. The molecule has 0 spiro atoms. The topological polar surface area (TPSA) is 35.2 Å². The van der Waals surface area contributed by atoms with E-state index in [4.69, 9.17) is 10.5 Å². The second-order valence-corrected chi connectivity index (χ2v) is 8.25. The third kappa shape index (κ3) is 22.4. The van der Waals surface area contributed by atoms with Crippen molar-refractivity contribution >= 4 is 8.58 Å². The summed E-state index contributed by atoms with van der Waals surface area (Å²) >= 11 is 0. The molecule has 0 radical (unpaired) electrons. The van der Waals surface area contributed by atoms with E-state index in [1.165, 1.54) is 102 Å². The van der Waals surface area contributed by atoms with Crippen LogP contribution in [0.15, 0.2) is 0 Å². The lowest BCUT2D eigenvalue weighted by atomic mass is 10.1. The molecule has 0 aromatic rings. The molecule has 0 aliphatic rings. The molecule has 0 rings (SSSR count). The predicted octanol–water partition coefficient (Wildman–Crippen LogP) is 6.12. The number of nitrogens with two attached hydrogens (primary N) is 1. The van der Waals surface area contributed by atoms with Gasteiger partial charge in [0.2, 0.25) is 0 Å². The van der Waals surface area contributed by atoms with Crippen LogP contribution in [0.25, 0.3) is 0 Å². The molecule has 2 nitrogen and oxygen atoms in total. The second-order valence-electron chi connectivity index (χ2n) is 6.75. The zero-order chi connectivity index (χ0) is 16.8. The van der Waals surface area contributed by atoms with Crippen LogP contribution in [0.5, 0.6) is 0 Å². The van der Waals surface area contributed by atoms with Crippen LogP contribution in [0.4, 0.5) is 0 Å². The molecular formula is C20H44NOP. The number of hydrogen-bond donors (Lipinski definition) is 1. The number of unbranched alkanes of at least 4 members (excludes halogenated alkanes) is 11. The highest BCUT2D eigenvalue weighted by molar-refractivity contribution is 7.37. The van der Waals surface area contributed by atoms with Crippen LogP contribution in [0.1, 0.15) is 96.8 Å². The van der Waals surface area contributed by atoms with Crippen molar-refractivity contribution in [3.63, 3.8) is 0 Å². The zero-order valence-electron chi connectivity index (χ0n) is 15.9. The number of hydrogen-bond acceptors (Lipinski definition) is 2. The molecule has 0 aliphatic carbocycles. The summed E-state index contributed by atoms with van der Waals surface area (Å²) in [5, 5.41) is 0. The lowest BCUT2D eigenvalue weighted by Crippen LogP contribution is -2.00. The van der Waals surface area contributed by atoms with Crippen molar-refractivity contribution in [2.24, 2.45) is 5.73 Å². The van der Waals surface area contributed by atoms with Gasteiger partial charge >= 0.3 is 0 Å². The summed E-state index contributed by atoms with van der Waals surface area (Å²) in [6.45, 7) is 5.09. The van der Waals surface area contributed by atoms with Crippen molar-refractivity contribution in [2.45, 2.75) is 96.8 Å². The Morgan fingerprint density at radius 3 is 1.65 bits per heavy atom. The fourth-order valence-electron chi connectivity index (χ4n) is 2.78. The smallest absolute Gasteiger partial charge is 0.0466 e. The van der Waals surface area contributed by atoms with Crippen molar-refractivity contribution < 1.29 is 4.74 Å². The summed E-state index contributed by atoms with van der Waals surface area (Å²) < 4.78 is 5.73. The highest BCUT2D eigenvalue weighted by Crippen LogP contribution is 2.13. The molecule has 0 saturated heterocycles. The van der Waals surface area contributed by atoms with Crippen molar-refractivity contribution in [1.82, 2.24) is 0 Å². The lowest BCUT2D eigenvalue weighted by molar-refractivity contribution is 0.127. The minimum atomic E-state index is 0.856. The molecule has 0 aromatic carbocycles. The molecule has 140 valence electrons. The molecule has 0 aliphatic heterocycles. The summed E-state index contributed by atoms with van der Waals surface area (Å²) in [6, 6.07) is 0. The largest absolute Gasteiger partial charge is 0.381 e. The Bertz CT molecular complexity index is 182. The van der Waals surface area contributed by atoms with E-state index < -0.39 is 0 Å². The van der Waals surface area contributed by atoms with Crippen LogP contribution in [-0.2, 0) is 4.74 Å². The van der Waals surface area contributed by atoms with Gasteiger partial charge in [0.25, 0.3) is 0 Å². The van der Waals surface area contributed by atoms with E-state index in [0.29, 0.717) is 0 Å². The highest BCUT2D eigenvalue weighted by Gasteiger charge is 1.94. The van der Waals surface area contributed by atoms with E-state index in [2.05, 4.69) is 6.92 Å². The van der Waals surface area contributed by atoms with Crippen molar-refractivity contribution in [3.05, 3.63) is 0 Å². The van der Waals surface area contributed by atoms with Gasteiger partial charge in [0.05, 0.1) is 0 Å². The van der Waals surface area contributed by atoms with Gasteiger partial charge in [-0.1, -0.05) is 71.1 Å². The van der Waals surface area contributed by atoms with E-state index in [9.17, 15) is 0 Å². The van der Waals surface area contributed by atoms with Gasteiger partial charge in [-0.05, 0) is 44.6 Å². The number of rotatable bonds is 20. The minimum absolute atomic E-state index is 0.856. The first-order valence-corrected chi connectivity index (χ1v) is 11.8. The monoisotopic (exact) mass is 345 g/mol. The minimum Gasteiger partial charge on any atom is -0.381 e. The normalized spacial score (nSPS) is 11.7.